The topological polar surface area (TPSA) is 26.0 Å². The summed E-state index contributed by atoms with van der Waals surface area (Å²) < 4.78 is 0. The molecule has 2 heteroatoms. The number of rotatable bonds is 3. The highest BCUT2D eigenvalue weighted by Crippen LogP contribution is 2.10. The van der Waals surface area contributed by atoms with E-state index in [0.717, 1.165) is 19.4 Å². The molecule has 0 radical (unpaired) electrons. The summed E-state index contributed by atoms with van der Waals surface area (Å²) in [6.45, 7) is 7.54. The number of hydrogen-bond acceptors (Lipinski definition) is 1. The molecule has 2 N–H and O–H groups in total. The number of aryl methyl sites for hydroxylation is 1. The van der Waals surface area contributed by atoms with Gasteiger partial charge in [-0.05, 0) is 31.0 Å². The average Bonchev–Trinajstić information content (AvgIpc) is 2.23. The maximum atomic E-state index is 5.54. The molecule has 0 amide bonds. The molecule has 0 heterocycles. The van der Waals surface area contributed by atoms with E-state index < -0.39 is 8.07 Å². The Kier molecular flexibility index (Phi) is 4.79. The molecule has 0 saturated carbocycles. The summed E-state index contributed by atoms with van der Waals surface area (Å²) in [4.78, 5) is 0. The van der Waals surface area contributed by atoms with Crippen molar-refractivity contribution in [1.29, 1.82) is 0 Å². The molecule has 1 nitrogen and oxygen atoms in total. The van der Waals surface area contributed by atoms with Crippen LogP contribution in [0.15, 0.2) is 24.3 Å². The van der Waals surface area contributed by atoms with E-state index in [-0.39, 0.29) is 0 Å². The van der Waals surface area contributed by atoms with E-state index in [9.17, 15) is 0 Å². The molecule has 16 heavy (non-hydrogen) atoms. The molecular formula is C14H21NSi. The van der Waals surface area contributed by atoms with Crippen LogP contribution in [0.1, 0.15) is 17.5 Å². The Morgan fingerprint density at radius 2 is 1.88 bits per heavy atom. The van der Waals surface area contributed by atoms with Crippen molar-refractivity contribution in [2.75, 3.05) is 6.54 Å². The Hall–Kier alpha value is -1.04. The molecule has 0 saturated heterocycles. The van der Waals surface area contributed by atoms with Crippen molar-refractivity contribution in [3.8, 4) is 11.5 Å². The standard InChI is InChI=1S/C14H21NSi/c1-16(2,3)12-10-14-8-5-4-7-13(14)9-6-11-15/h4-5,7-8H,6,9,11,15H2,1-3H3. The van der Waals surface area contributed by atoms with Crippen LogP contribution in [0.5, 0.6) is 0 Å². The Labute approximate surface area is 100 Å². The minimum absolute atomic E-state index is 0.746. The maximum Gasteiger partial charge on any atom is 0.129 e. The van der Waals surface area contributed by atoms with Crippen LogP contribution < -0.4 is 5.73 Å². The lowest BCUT2D eigenvalue weighted by molar-refractivity contribution is 0.831. The molecule has 1 aromatic carbocycles. The highest BCUT2D eigenvalue weighted by Gasteiger charge is 2.07. The predicted octanol–water partition coefficient (Wildman–Crippen LogP) is 2.81. The fourth-order valence-electron chi connectivity index (χ4n) is 1.41. The molecule has 0 aliphatic carbocycles. The van der Waals surface area contributed by atoms with E-state index in [1.807, 2.05) is 0 Å². The van der Waals surface area contributed by atoms with Gasteiger partial charge in [0, 0.05) is 5.56 Å². The molecule has 0 aliphatic rings. The normalized spacial score (nSPS) is 10.8. The highest BCUT2D eigenvalue weighted by atomic mass is 28.3. The third kappa shape index (κ3) is 4.65. The van der Waals surface area contributed by atoms with Crippen LogP contribution in [0.25, 0.3) is 0 Å². The molecule has 86 valence electrons. The SMILES string of the molecule is C[Si](C)(C)C#Cc1ccccc1CCCN. The van der Waals surface area contributed by atoms with Crippen molar-refractivity contribution in [2.24, 2.45) is 5.73 Å². The van der Waals surface area contributed by atoms with Crippen LogP contribution in [0.4, 0.5) is 0 Å². The zero-order valence-corrected chi connectivity index (χ0v) is 11.5. The van der Waals surface area contributed by atoms with E-state index in [1.165, 1.54) is 11.1 Å². The van der Waals surface area contributed by atoms with E-state index in [1.54, 1.807) is 0 Å². The zero-order valence-electron chi connectivity index (χ0n) is 10.5. The third-order valence-electron chi connectivity index (χ3n) is 2.24. The van der Waals surface area contributed by atoms with Crippen molar-refractivity contribution in [1.82, 2.24) is 0 Å². The summed E-state index contributed by atoms with van der Waals surface area (Å²) in [6.07, 6.45) is 2.07. The number of benzene rings is 1. The molecule has 0 fully saturated rings. The van der Waals surface area contributed by atoms with Gasteiger partial charge in [-0.25, -0.2) is 0 Å². The Morgan fingerprint density at radius 3 is 2.50 bits per heavy atom. The summed E-state index contributed by atoms with van der Waals surface area (Å²) in [5.74, 6) is 3.33. The smallest absolute Gasteiger partial charge is 0.129 e. The van der Waals surface area contributed by atoms with Gasteiger partial charge < -0.3 is 5.73 Å². The highest BCUT2D eigenvalue weighted by molar-refractivity contribution is 6.83. The number of nitrogens with two attached hydrogens (primary N) is 1. The molecule has 0 atom stereocenters. The van der Waals surface area contributed by atoms with Crippen molar-refractivity contribution >= 4 is 8.07 Å². The van der Waals surface area contributed by atoms with Gasteiger partial charge in [0.1, 0.15) is 8.07 Å². The average molecular weight is 231 g/mol. The van der Waals surface area contributed by atoms with Crippen LogP contribution in [0.3, 0.4) is 0 Å². The second-order valence-electron chi connectivity index (χ2n) is 5.05. The summed E-state index contributed by atoms with van der Waals surface area (Å²) >= 11 is 0. The van der Waals surface area contributed by atoms with Gasteiger partial charge in [-0.1, -0.05) is 43.8 Å². The first-order valence-electron chi connectivity index (χ1n) is 5.84. The van der Waals surface area contributed by atoms with Gasteiger partial charge in [-0.3, -0.25) is 0 Å². The van der Waals surface area contributed by atoms with Gasteiger partial charge in [0.2, 0.25) is 0 Å². The second-order valence-corrected chi connectivity index (χ2v) is 9.80. The molecule has 0 spiro atoms. The molecule has 0 bridgehead atoms. The molecular weight excluding hydrogens is 210 g/mol. The molecule has 0 unspecified atom stereocenters. The molecule has 0 aliphatic heterocycles. The van der Waals surface area contributed by atoms with Crippen LogP contribution in [-0.4, -0.2) is 14.6 Å². The monoisotopic (exact) mass is 231 g/mol. The van der Waals surface area contributed by atoms with Crippen molar-refractivity contribution in [2.45, 2.75) is 32.5 Å². The van der Waals surface area contributed by atoms with E-state index in [2.05, 4.69) is 55.4 Å². The van der Waals surface area contributed by atoms with Gasteiger partial charge in [-0.15, -0.1) is 5.54 Å². The van der Waals surface area contributed by atoms with Crippen molar-refractivity contribution in [3.05, 3.63) is 35.4 Å². The van der Waals surface area contributed by atoms with Gasteiger partial charge in [-0.2, -0.15) is 0 Å². The lowest BCUT2D eigenvalue weighted by Gasteiger charge is -2.06. The molecule has 1 rings (SSSR count). The Bertz CT molecular complexity index is 393. The quantitative estimate of drug-likeness (QED) is 0.628. The summed E-state index contributed by atoms with van der Waals surface area (Å²) in [5, 5.41) is 0. The van der Waals surface area contributed by atoms with E-state index in [0.29, 0.717) is 0 Å². The van der Waals surface area contributed by atoms with Gasteiger partial charge in [0.05, 0.1) is 0 Å². The third-order valence-corrected chi connectivity index (χ3v) is 3.11. The first kappa shape index (κ1) is 13.0. The van der Waals surface area contributed by atoms with Crippen LogP contribution >= 0.6 is 0 Å². The maximum absolute atomic E-state index is 5.54. The van der Waals surface area contributed by atoms with Crippen LogP contribution in [0, 0.1) is 11.5 Å². The largest absolute Gasteiger partial charge is 0.330 e. The lowest BCUT2D eigenvalue weighted by atomic mass is 10.0. The summed E-state index contributed by atoms with van der Waals surface area (Å²) in [6, 6.07) is 8.40. The number of hydrogen-bond donors (Lipinski definition) is 1. The van der Waals surface area contributed by atoms with E-state index >= 15 is 0 Å². The Balaban J connectivity index is 2.89. The Morgan fingerprint density at radius 1 is 1.19 bits per heavy atom. The van der Waals surface area contributed by atoms with Crippen molar-refractivity contribution < 1.29 is 0 Å². The minimum atomic E-state index is -1.28. The second kappa shape index (κ2) is 5.88. The minimum Gasteiger partial charge on any atom is -0.330 e. The summed E-state index contributed by atoms with van der Waals surface area (Å²) in [7, 11) is -1.28. The summed E-state index contributed by atoms with van der Waals surface area (Å²) in [5.41, 5.74) is 11.5. The van der Waals surface area contributed by atoms with E-state index in [4.69, 9.17) is 5.73 Å². The lowest BCUT2D eigenvalue weighted by Crippen LogP contribution is -2.16. The first-order chi connectivity index (χ1) is 7.53. The predicted molar refractivity (Wildman–Crippen MR) is 74.0 cm³/mol. The van der Waals surface area contributed by atoms with Gasteiger partial charge in [0.25, 0.3) is 0 Å². The van der Waals surface area contributed by atoms with Gasteiger partial charge >= 0.3 is 0 Å². The van der Waals surface area contributed by atoms with Crippen molar-refractivity contribution in [3.63, 3.8) is 0 Å². The zero-order chi connectivity index (χ0) is 12.0. The molecule has 0 aromatic heterocycles. The van der Waals surface area contributed by atoms with Gasteiger partial charge in [0.15, 0.2) is 0 Å². The van der Waals surface area contributed by atoms with Crippen LogP contribution in [-0.2, 0) is 6.42 Å². The fourth-order valence-corrected chi connectivity index (χ4v) is 1.92. The van der Waals surface area contributed by atoms with Crippen LogP contribution in [0.2, 0.25) is 19.6 Å². The fraction of sp³-hybridized carbons (Fsp3) is 0.429. The molecule has 1 aromatic rings. The first-order valence-corrected chi connectivity index (χ1v) is 9.34.